The molecule has 0 aromatic rings. The molecule has 0 aliphatic heterocycles. The van der Waals surface area contributed by atoms with Crippen LogP contribution in [0.4, 0.5) is 0 Å². The lowest BCUT2D eigenvalue weighted by Crippen LogP contribution is -2.55. The molecule has 0 aromatic carbocycles. The Hall–Kier alpha value is -0.780. The maximum atomic E-state index is 2.95. The summed E-state index contributed by atoms with van der Waals surface area (Å²) in [5.74, 6) is 2.73. The van der Waals surface area contributed by atoms with Gasteiger partial charge in [-0.1, -0.05) is 92.7 Å². The molecular weight excluding hydrogens is 432 g/mol. The molecule has 200 valence electrons. The number of allylic oxidation sites excluding steroid dienone is 6. The standard InChI is InChI=1S/C36H56/c1-2-6-18-29(17-5-1)34-27-15-16-28-35(30-19-7-3-8-20-30,31-21-9-4-10-22-31)36(34,32-23-11-12-24-32)33-25-13-14-26-33/h19,23,27,29,31,33H,1-18,20-22,24-26,28H2. The lowest BCUT2D eigenvalue weighted by atomic mass is 9.40. The fourth-order valence-electron chi connectivity index (χ4n) is 11.1. The molecule has 0 nitrogen and oxygen atoms in total. The molecule has 0 N–H and O–H groups in total. The van der Waals surface area contributed by atoms with Crippen LogP contribution in [-0.2, 0) is 0 Å². The molecular formula is C36H56. The van der Waals surface area contributed by atoms with Crippen LogP contribution in [0.2, 0.25) is 0 Å². The van der Waals surface area contributed by atoms with Crippen LogP contribution in [0, 0.1) is 28.6 Å². The second-order valence-electron chi connectivity index (χ2n) is 13.9. The number of rotatable bonds is 5. The summed E-state index contributed by atoms with van der Waals surface area (Å²) in [7, 11) is 0. The first kappa shape index (κ1) is 25.5. The van der Waals surface area contributed by atoms with E-state index in [1.165, 1.54) is 161 Å². The van der Waals surface area contributed by atoms with Crippen molar-refractivity contribution >= 4 is 0 Å². The molecule has 36 heavy (non-hydrogen) atoms. The minimum atomic E-state index is 0.372. The predicted octanol–water partition coefficient (Wildman–Crippen LogP) is 11.4. The summed E-state index contributed by atoms with van der Waals surface area (Å²) >= 11 is 0. The molecule has 2 atom stereocenters. The van der Waals surface area contributed by atoms with Crippen LogP contribution < -0.4 is 0 Å². The Labute approximate surface area is 223 Å². The first-order chi connectivity index (χ1) is 17.9. The minimum absolute atomic E-state index is 0.372. The van der Waals surface area contributed by atoms with Crippen molar-refractivity contribution in [3.63, 3.8) is 0 Å². The van der Waals surface area contributed by atoms with E-state index in [1.807, 2.05) is 11.1 Å². The van der Waals surface area contributed by atoms with Crippen molar-refractivity contribution in [2.75, 3.05) is 0 Å². The third-order valence-electron chi connectivity index (χ3n) is 12.3. The molecule has 3 saturated carbocycles. The molecule has 3 fully saturated rings. The number of hydrogen-bond acceptors (Lipinski definition) is 0. The van der Waals surface area contributed by atoms with Crippen molar-refractivity contribution in [1.82, 2.24) is 0 Å². The van der Waals surface area contributed by atoms with Crippen LogP contribution in [0.5, 0.6) is 0 Å². The molecule has 6 aliphatic carbocycles. The molecule has 6 aliphatic rings. The summed E-state index contributed by atoms with van der Waals surface area (Å²) in [6.45, 7) is 0. The van der Waals surface area contributed by atoms with E-state index < -0.39 is 0 Å². The van der Waals surface area contributed by atoms with Crippen LogP contribution in [0.3, 0.4) is 0 Å². The lowest BCUT2D eigenvalue weighted by molar-refractivity contribution is -0.0146. The maximum Gasteiger partial charge on any atom is 0.0247 e. The van der Waals surface area contributed by atoms with E-state index >= 15 is 0 Å². The van der Waals surface area contributed by atoms with Crippen molar-refractivity contribution < 1.29 is 0 Å². The summed E-state index contributed by atoms with van der Waals surface area (Å²) in [5, 5.41) is 0. The highest BCUT2D eigenvalue weighted by Crippen LogP contribution is 2.72. The quantitative estimate of drug-likeness (QED) is 0.266. The molecule has 0 spiro atoms. The van der Waals surface area contributed by atoms with Crippen LogP contribution >= 0.6 is 0 Å². The van der Waals surface area contributed by atoms with Crippen molar-refractivity contribution in [2.24, 2.45) is 28.6 Å². The normalized spacial score (nSPS) is 36.2. The highest BCUT2D eigenvalue weighted by molar-refractivity contribution is 5.45. The van der Waals surface area contributed by atoms with E-state index in [1.54, 1.807) is 0 Å². The van der Waals surface area contributed by atoms with Gasteiger partial charge in [-0.3, -0.25) is 0 Å². The molecule has 0 amide bonds. The third-order valence-corrected chi connectivity index (χ3v) is 12.3. The van der Waals surface area contributed by atoms with Gasteiger partial charge in [0.2, 0.25) is 0 Å². The Morgan fingerprint density at radius 2 is 1.06 bits per heavy atom. The van der Waals surface area contributed by atoms with Gasteiger partial charge in [-0.2, -0.15) is 0 Å². The zero-order valence-electron chi connectivity index (χ0n) is 23.6. The van der Waals surface area contributed by atoms with Crippen molar-refractivity contribution in [1.29, 1.82) is 0 Å². The smallest absolute Gasteiger partial charge is 0.0247 e. The Bertz CT molecular complexity index is 820. The van der Waals surface area contributed by atoms with E-state index in [-0.39, 0.29) is 0 Å². The summed E-state index contributed by atoms with van der Waals surface area (Å²) in [4.78, 5) is 0. The highest BCUT2D eigenvalue weighted by atomic mass is 14.7. The Morgan fingerprint density at radius 3 is 1.75 bits per heavy atom. The zero-order valence-corrected chi connectivity index (χ0v) is 23.6. The summed E-state index contributed by atoms with van der Waals surface area (Å²) < 4.78 is 0. The molecule has 0 aromatic heterocycles. The zero-order chi connectivity index (χ0) is 24.3. The first-order valence-corrected chi connectivity index (χ1v) is 17.0. The highest BCUT2D eigenvalue weighted by Gasteiger charge is 2.64. The minimum Gasteiger partial charge on any atom is -0.0847 e. The largest absolute Gasteiger partial charge is 0.0847 e. The maximum absolute atomic E-state index is 2.95. The molecule has 2 unspecified atom stereocenters. The van der Waals surface area contributed by atoms with Crippen molar-refractivity contribution in [2.45, 2.75) is 161 Å². The van der Waals surface area contributed by atoms with Crippen molar-refractivity contribution in [3.8, 4) is 0 Å². The van der Waals surface area contributed by atoms with Crippen LogP contribution in [-0.4, -0.2) is 0 Å². The van der Waals surface area contributed by atoms with Gasteiger partial charge in [0.15, 0.2) is 0 Å². The van der Waals surface area contributed by atoms with E-state index in [2.05, 4.69) is 23.8 Å². The van der Waals surface area contributed by atoms with Gasteiger partial charge in [-0.25, -0.2) is 0 Å². The van der Waals surface area contributed by atoms with E-state index in [9.17, 15) is 0 Å². The second-order valence-corrected chi connectivity index (χ2v) is 13.9. The van der Waals surface area contributed by atoms with E-state index in [0.717, 1.165) is 17.8 Å². The predicted molar refractivity (Wildman–Crippen MR) is 155 cm³/mol. The van der Waals surface area contributed by atoms with Gasteiger partial charge in [0.25, 0.3) is 0 Å². The Morgan fingerprint density at radius 1 is 0.472 bits per heavy atom. The summed E-state index contributed by atoms with van der Waals surface area (Å²) in [5.41, 5.74) is 6.86. The molecule has 0 saturated heterocycles. The molecule has 0 bridgehead atoms. The monoisotopic (exact) mass is 488 g/mol. The van der Waals surface area contributed by atoms with Gasteiger partial charge in [0.1, 0.15) is 0 Å². The second kappa shape index (κ2) is 11.5. The van der Waals surface area contributed by atoms with Crippen LogP contribution in [0.25, 0.3) is 0 Å². The fourth-order valence-corrected chi connectivity index (χ4v) is 11.1. The average Bonchev–Trinajstić information content (AvgIpc) is 3.58. The van der Waals surface area contributed by atoms with Gasteiger partial charge in [0, 0.05) is 10.8 Å². The SMILES string of the molecule is C1=C(C2(C3CCCCC3)CCCC=C(C3CCCCCC3)C2(C2=CCCC2)C2CCCC2)CCCC1. The summed E-state index contributed by atoms with van der Waals surface area (Å²) in [6.07, 6.45) is 45.4. The number of hydrogen-bond donors (Lipinski definition) is 0. The van der Waals surface area contributed by atoms with Gasteiger partial charge >= 0.3 is 0 Å². The summed E-state index contributed by atoms with van der Waals surface area (Å²) in [6, 6.07) is 0. The fraction of sp³-hybridized carbons (Fsp3) is 0.833. The Kier molecular flexibility index (Phi) is 8.17. The van der Waals surface area contributed by atoms with E-state index in [4.69, 9.17) is 0 Å². The van der Waals surface area contributed by atoms with E-state index in [0.29, 0.717) is 10.8 Å². The Balaban J connectivity index is 1.62. The molecule has 0 heteroatoms. The molecule has 0 radical (unpaired) electrons. The lowest BCUT2D eigenvalue weighted by Gasteiger charge is -2.63. The van der Waals surface area contributed by atoms with Gasteiger partial charge in [-0.15, -0.1) is 0 Å². The molecule has 6 rings (SSSR count). The molecule has 0 heterocycles. The van der Waals surface area contributed by atoms with Crippen molar-refractivity contribution in [3.05, 3.63) is 34.9 Å². The van der Waals surface area contributed by atoms with Crippen LogP contribution in [0.1, 0.15) is 161 Å². The average molecular weight is 489 g/mol. The van der Waals surface area contributed by atoms with Gasteiger partial charge in [0.05, 0.1) is 0 Å². The van der Waals surface area contributed by atoms with Gasteiger partial charge < -0.3 is 0 Å². The van der Waals surface area contributed by atoms with Crippen LogP contribution in [0.15, 0.2) is 34.9 Å². The van der Waals surface area contributed by atoms with Gasteiger partial charge in [-0.05, 0) is 120 Å². The third kappa shape index (κ3) is 4.33. The first-order valence-electron chi connectivity index (χ1n) is 17.0. The topological polar surface area (TPSA) is 0 Å².